The lowest BCUT2D eigenvalue weighted by Gasteiger charge is -2.10. The molecule has 132 valence electrons. The van der Waals surface area contributed by atoms with Crippen molar-refractivity contribution in [2.75, 3.05) is 17.2 Å². The first-order valence-corrected chi connectivity index (χ1v) is 8.37. The molecule has 2 N–H and O–H groups in total. The minimum atomic E-state index is -0.254. The number of nitrogens with one attached hydrogen (secondary N) is 2. The second-order valence-electron chi connectivity index (χ2n) is 5.96. The largest absolute Gasteiger partial charge is 0.484 e. The number of rotatable bonds is 7. The van der Waals surface area contributed by atoms with Gasteiger partial charge in [-0.1, -0.05) is 19.1 Å². The minimum Gasteiger partial charge on any atom is -0.484 e. The number of aryl methyl sites for hydroxylation is 2. The van der Waals surface area contributed by atoms with E-state index in [1.807, 2.05) is 39.0 Å². The number of hydrogen-bond donors (Lipinski definition) is 2. The zero-order chi connectivity index (χ0) is 18.2. The van der Waals surface area contributed by atoms with Gasteiger partial charge in [0.2, 0.25) is 5.91 Å². The minimum absolute atomic E-state index is 0.0379. The van der Waals surface area contributed by atoms with Crippen molar-refractivity contribution in [2.45, 2.75) is 33.6 Å². The molecular formula is C20H24N2O3. The number of carbonyl (C=O) groups is 2. The molecule has 0 saturated carbocycles. The van der Waals surface area contributed by atoms with E-state index >= 15 is 0 Å². The molecule has 0 aromatic heterocycles. The van der Waals surface area contributed by atoms with E-state index in [2.05, 4.69) is 10.6 Å². The molecule has 0 saturated heterocycles. The predicted molar refractivity (Wildman–Crippen MR) is 100 cm³/mol. The number of ether oxygens (including phenoxy) is 1. The van der Waals surface area contributed by atoms with Gasteiger partial charge in [0.05, 0.1) is 0 Å². The molecule has 0 bridgehead atoms. The highest BCUT2D eigenvalue weighted by atomic mass is 16.5. The number of hydrogen-bond acceptors (Lipinski definition) is 3. The fourth-order valence-corrected chi connectivity index (χ4v) is 2.27. The van der Waals surface area contributed by atoms with E-state index in [0.717, 1.165) is 12.0 Å². The SMILES string of the molecule is CCCC(=O)Nc1cccc(NC(=O)COc2ccc(C)c(C)c2)c1. The van der Waals surface area contributed by atoms with E-state index in [-0.39, 0.29) is 18.4 Å². The molecule has 0 spiro atoms. The van der Waals surface area contributed by atoms with Crippen LogP contribution in [0, 0.1) is 13.8 Å². The van der Waals surface area contributed by atoms with E-state index in [9.17, 15) is 9.59 Å². The molecule has 0 radical (unpaired) electrons. The molecule has 0 aliphatic heterocycles. The highest BCUT2D eigenvalue weighted by Crippen LogP contribution is 2.17. The van der Waals surface area contributed by atoms with Crippen LogP contribution in [0.1, 0.15) is 30.9 Å². The molecule has 2 rings (SSSR count). The summed E-state index contributed by atoms with van der Waals surface area (Å²) in [5, 5.41) is 5.57. The average molecular weight is 340 g/mol. The maximum Gasteiger partial charge on any atom is 0.262 e. The molecule has 5 nitrogen and oxygen atoms in total. The van der Waals surface area contributed by atoms with Crippen molar-refractivity contribution in [3.63, 3.8) is 0 Å². The first-order chi connectivity index (χ1) is 12.0. The van der Waals surface area contributed by atoms with Gasteiger partial charge in [-0.25, -0.2) is 0 Å². The summed E-state index contributed by atoms with van der Waals surface area (Å²) in [7, 11) is 0. The van der Waals surface area contributed by atoms with Gasteiger partial charge in [-0.05, 0) is 61.7 Å². The van der Waals surface area contributed by atoms with Crippen LogP contribution in [0.2, 0.25) is 0 Å². The summed E-state index contributed by atoms with van der Waals surface area (Å²) >= 11 is 0. The first kappa shape index (κ1) is 18.5. The molecule has 0 heterocycles. The van der Waals surface area contributed by atoms with Crippen LogP contribution < -0.4 is 15.4 Å². The van der Waals surface area contributed by atoms with Crippen LogP contribution in [-0.2, 0) is 9.59 Å². The van der Waals surface area contributed by atoms with Crippen LogP contribution in [0.4, 0.5) is 11.4 Å². The third-order valence-corrected chi connectivity index (χ3v) is 3.76. The fraction of sp³-hybridized carbons (Fsp3) is 0.300. The van der Waals surface area contributed by atoms with Gasteiger partial charge in [0.15, 0.2) is 6.61 Å². The standard InChI is InChI=1S/C20H24N2O3/c1-4-6-19(23)21-16-7-5-8-17(12-16)22-20(24)13-25-18-10-9-14(2)15(3)11-18/h5,7-12H,4,6,13H2,1-3H3,(H,21,23)(H,22,24). The normalized spacial score (nSPS) is 10.2. The molecular weight excluding hydrogens is 316 g/mol. The maximum atomic E-state index is 12.1. The van der Waals surface area contributed by atoms with Gasteiger partial charge in [0, 0.05) is 17.8 Å². The second-order valence-corrected chi connectivity index (χ2v) is 5.96. The summed E-state index contributed by atoms with van der Waals surface area (Å²) < 4.78 is 5.52. The number of carbonyl (C=O) groups excluding carboxylic acids is 2. The zero-order valence-corrected chi connectivity index (χ0v) is 14.9. The van der Waals surface area contributed by atoms with Crippen LogP contribution in [-0.4, -0.2) is 18.4 Å². The summed E-state index contributed by atoms with van der Waals surface area (Å²) in [4.78, 5) is 23.7. The molecule has 2 amide bonds. The monoisotopic (exact) mass is 340 g/mol. The smallest absolute Gasteiger partial charge is 0.262 e. The molecule has 2 aromatic rings. The van der Waals surface area contributed by atoms with Crippen molar-refractivity contribution >= 4 is 23.2 Å². The van der Waals surface area contributed by atoms with E-state index in [1.54, 1.807) is 24.3 Å². The highest BCUT2D eigenvalue weighted by molar-refractivity contribution is 5.94. The fourth-order valence-electron chi connectivity index (χ4n) is 2.27. The molecule has 5 heteroatoms. The Morgan fingerprint density at radius 3 is 2.24 bits per heavy atom. The number of amides is 2. The Bertz CT molecular complexity index is 756. The number of benzene rings is 2. The number of anilines is 2. The lowest BCUT2D eigenvalue weighted by atomic mass is 10.1. The van der Waals surface area contributed by atoms with Gasteiger partial charge in [-0.2, -0.15) is 0 Å². The average Bonchev–Trinajstić information content (AvgIpc) is 2.56. The van der Waals surface area contributed by atoms with Crippen molar-refractivity contribution in [3.8, 4) is 5.75 Å². The van der Waals surface area contributed by atoms with E-state index < -0.39 is 0 Å². The second kappa shape index (κ2) is 8.87. The van der Waals surface area contributed by atoms with E-state index in [4.69, 9.17) is 4.74 Å². The molecule has 0 fully saturated rings. The Morgan fingerprint density at radius 2 is 1.60 bits per heavy atom. The van der Waals surface area contributed by atoms with Crippen molar-refractivity contribution in [1.29, 1.82) is 0 Å². The van der Waals surface area contributed by atoms with Crippen molar-refractivity contribution in [3.05, 3.63) is 53.6 Å². The van der Waals surface area contributed by atoms with Crippen molar-refractivity contribution in [1.82, 2.24) is 0 Å². The van der Waals surface area contributed by atoms with E-state index in [1.165, 1.54) is 5.56 Å². The Hall–Kier alpha value is -2.82. The van der Waals surface area contributed by atoms with Crippen LogP contribution in [0.15, 0.2) is 42.5 Å². The van der Waals surface area contributed by atoms with Crippen LogP contribution >= 0.6 is 0 Å². The van der Waals surface area contributed by atoms with Crippen LogP contribution in [0.5, 0.6) is 5.75 Å². The Kier molecular flexibility index (Phi) is 6.57. The van der Waals surface area contributed by atoms with Gasteiger partial charge < -0.3 is 15.4 Å². The first-order valence-electron chi connectivity index (χ1n) is 8.37. The van der Waals surface area contributed by atoms with Gasteiger partial charge in [-0.15, -0.1) is 0 Å². The van der Waals surface area contributed by atoms with Crippen LogP contribution in [0.3, 0.4) is 0 Å². The van der Waals surface area contributed by atoms with Gasteiger partial charge in [0.1, 0.15) is 5.75 Å². The lowest BCUT2D eigenvalue weighted by molar-refractivity contribution is -0.118. The molecule has 0 aliphatic rings. The Morgan fingerprint density at radius 1 is 0.920 bits per heavy atom. The molecule has 0 aliphatic carbocycles. The third-order valence-electron chi connectivity index (χ3n) is 3.76. The summed E-state index contributed by atoms with van der Waals surface area (Å²) in [6.07, 6.45) is 1.26. The van der Waals surface area contributed by atoms with Crippen molar-refractivity contribution in [2.24, 2.45) is 0 Å². The molecule has 0 unspecified atom stereocenters. The summed E-state index contributed by atoms with van der Waals surface area (Å²) in [6, 6.07) is 12.8. The lowest BCUT2D eigenvalue weighted by Crippen LogP contribution is -2.20. The quantitative estimate of drug-likeness (QED) is 0.799. The Labute approximate surface area is 148 Å². The topological polar surface area (TPSA) is 67.4 Å². The van der Waals surface area contributed by atoms with Gasteiger partial charge in [0.25, 0.3) is 5.91 Å². The molecule has 0 atom stereocenters. The molecule has 2 aromatic carbocycles. The van der Waals surface area contributed by atoms with Gasteiger partial charge >= 0.3 is 0 Å². The zero-order valence-electron chi connectivity index (χ0n) is 14.9. The van der Waals surface area contributed by atoms with Gasteiger partial charge in [-0.3, -0.25) is 9.59 Å². The predicted octanol–water partition coefficient (Wildman–Crippen LogP) is 4.06. The summed E-state index contributed by atoms with van der Waals surface area (Å²) in [5.74, 6) is 0.373. The van der Waals surface area contributed by atoms with Crippen molar-refractivity contribution < 1.29 is 14.3 Å². The summed E-state index contributed by atoms with van der Waals surface area (Å²) in [6.45, 7) is 5.90. The maximum absolute atomic E-state index is 12.1. The van der Waals surface area contributed by atoms with Crippen LogP contribution in [0.25, 0.3) is 0 Å². The van der Waals surface area contributed by atoms with E-state index in [0.29, 0.717) is 23.5 Å². The summed E-state index contributed by atoms with van der Waals surface area (Å²) in [5.41, 5.74) is 3.57. The third kappa shape index (κ3) is 5.95. The molecule has 25 heavy (non-hydrogen) atoms. The highest BCUT2D eigenvalue weighted by Gasteiger charge is 2.06. The Balaban J connectivity index is 1.89.